The zero-order valence-corrected chi connectivity index (χ0v) is 10.5. The van der Waals surface area contributed by atoms with E-state index in [1.54, 1.807) is 0 Å². The Balaban J connectivity index is 1.69. The Morgan fingerprint density at radius 2 is 2.22 bits per heavy atom. The van der Waals surface area contributed by atoms with Crippen molar-refractivity contribution in [2.75, 3.05) is 11.9 Å². The van der Waals surface area contributed by atoms with Gasteiger partial charge in [0.05, 0.1) is 0 Å². The van der Waals surface area contributed by atoms with E-state index < -0.39 is 0 Å². The molecular formula is C14H19N3O. The summed E-state index contributed by atoms with van der Waals surface area (Å²) in [6, 6.07) is 6.45. The van der Waals surface area contributed by atoms with Crippen molar-refractivity contribution in [3.63, 3.8) is 0 Å². The third-order valence-electron chi connectivity index (χ3n) is 3.83. The topological polar surface area (TPSA) is 53.2 Å². The minimum Gasteiger partial charge on any atom is -0.335 e. The number of nitrogens with one attached hydrogen (secondary N) is 3. The highest BCUT2D eigenvalue weighted by molar-refractivity contribution is 5.90. The van der Waals surface area contributed by atoms with Gasteiger partial charge in [0.15, 0.2) is 0 Å². The number of rotatable bonds is 2. The molecule has 96 valence electrons. The first-order chi connectivity index (χ1) is 8.83. The van der Waals surface area contributed by atoms with Gasteiger partial charge in [-0.15, -0.1) is 0 Å². The summed E-state index contributed by atoms with van der Waals surface area (Å²) in [5, 5.41) is 9.33. The third-order valence-corrected chi connectivity index (χ3v) is 3.83. The van der Waals surface area contributed by atoms with Crippen molar-refractivity contribution in [2.24, 2.45) is 0 Å². The molecule has 1 heterocycles. The van der Waals surface area contributed by atoms with Crippen LogP contribution in [0, 0.1) is 0 Å². The van der Waals surface area contributed by atoms with Crippen LogP contribution in [0.2, 0.25) is 0 Å². The van der Waals surface area contributed by atoms with Crippen LogP contribution in [0.3, 0.4) is 0 Å². The molecule has 1 aliphatic heterocycles. The maximum Gasteiger partial charge on any atom is 0.319 e. The second-order valence-corrected chi connectivity index (χ2v) is 5.10. The molecule has 4 heteroatoms. The lowest BCUT2D eigenvalue weighted by molar-refractivity contribution is 0.240. The van der Waals surface area contributed by atoms with Gasteiger partial charge in [-0.25, -0.2) is 4.79 Å². The van der Waals surface area contributed by atoms with Gasteiger partial charge in [0.1, 0.15) is 0 Å². The van der Waals surface area contributed by atoms with E-state index in [4.69, 9.17) is 0 Å². The van der Waals surface area contributed by atoms with E-state index in [-0.39, 0.29) is 6.03 Å². The average molecular weight is 245 g/mol. The average Bonchev–Trinajstić information content (AvgIpc) is 2.34. The second kappa shape index (κ2) is 4.98. The highest BCUT2D eigenvalue weighted by atomic mass is 16.2. The summed E-state index contributed by atoms with van der Waals surface area (Å²) in [4.78, 5) is 11.9. The Labute approximate surface area is 107 Å². The van der Waals surface area contributed by atoms with Gasteiger partial charge >= 0.3 is 6.03 Å². The molecule has 1 aliphatic carbocycles. The molecule has 0 bridgehead atoms. The van der Waals surface area contributed by atoms with Crippen molar-refractivity contribution in [3.05, 3.63) is 29.3 Å². The number of hydrogen-bond donors (Lipinski definition) is 3. The van der Waals surface area contributed by atoms with E-state index in [0.717, 1.165) is 38.0 Å². The van der Waals surface area contributed by atoms with E-state index in [2.05, 4.69) is 22.0 Å². The number of benzene rings is 1. The smallest absolute Gasteiger partial charge is 0.319 e. The number of hydrogen-bond acceptors (Lipinski definition) is 2. The van der Waals surface area contributed by atoms with Gasteiger partial charge in [-0.2, -0.15) is 0 Å². The molecule has 2 amide bonds. The van der Waals surface area contributed by atoms with Gasteiger partial charge in [0.25, 0.3) is 0 Å². The van der Waals surface area contributed by atoms with Crippen LogP contribution in [0.1, 0.15) is 30.4 Å². The molecule has 0 saturated heterocycles. The first kappa shape index (κ1) is 11.5. The maximum atomic E-state index is 11.9. The minimum atomic E-state index is -0.0707. The van der Waals surface area contributed by atoms with Gasteiger partial charge < -0.3 is 16.0 Å². The summed E-state index contributed by atoms with van der Waals surface area (Å²) >= 11 is 0. The molecule has 1 aromatic rings. The summed E-state index contributed by atoms with van der Waals surface area (Å²) < 4.78 is 0. The third kappa shape index (κ3) is 2.34. The summed E-state index contributed by atoms with van der Waals surface area (Å²) in [6.07, 6.45) is 4.49. The molecule has 0 radical (unpaired) electrons. The fraction of sp³-hybridized carbons (Fsp3) is 0.500. The lowest BCUT2D eigenvalue weighted by atomic mass is 9.93. The number of carbonyl (C=O) groups is 1. The summed E-state index contributed by atoms with van der Waals surface area (Å²) in [7, 11) is 0. The van der Waals surface area contributed by atoms with E-state index in [0.29, 0.717) is 6.04 Å². The number of urea groups is 1. The van der Waals surface area contributed by atoms with Crippen LogP contribution >= 0.6 is 0 Å². The number of amides is 2. The summed E-state index contributed by atoms with van der Waals surface area (Å²) in [6.45, 7) is 1.86. The SMILES string of the molecule is O=C(Nc1cccc2c1CNCC2)NC1CCC1. The van der Waals surface area contributed by atoms with Crippen molar-refractivity contribution in [1.82, 2.24) is 10.6 Å². The van der Waals surface area contributed by atoms with E-state index in [1.165, 1.54) is 17.5 Å². The predicted molar refractivity (Wildman–Crippen MR) is 71.6 cm³/mol. The van der Waals surface area contributed by atoms with Crippen LogP contribution in [-0.2, 0) is 13.0 Å². The Kier molecular flexibility index (Phi) is 3.19. The molecule has 4 nitrogen and oxygen atoms in total. The van der Waals surface area contributed by atoms with Gasteiger partial charge in [-0.05, 0) is 49.4 Å². The first-order valence-corrected chi connectivity index (χ1v) is 6.72. The van der Waals surface area contributed by atoms with Crippen LogP contribution in [0.15, 0.2) is 18.2 Å². The van der Waals surface area contributed by atoms with Crippen LogP contribution in [0.4, 0.5) is 10.5 Å². The molecule has 0 unspecified atom stereocenters. The van der Waals surface area contributed by atoms with Crippen LogP contribution in [0.5, 0.6) is 0 Å². The molecule has 18 heavy (non-hydrogen) atoms. The molecule has 1 fully saturated rings. The van der Waals surface area contributed by atoms with Crippen LogP contribution < -0.4 is 16.0 Å². The van der Waals surface area contributed by atoms with Crippen LogP contribution in [-0.4, -0.2) is 18.6 Å². The molecule has 3 rings (SSSR count). The zero-order valence-electron chi connectivity index (χ0n) is 10.5. The Morgan fingerprint density at radius 3 is 3.00 bits per heavy atom. The number of fused-ring (bicyclic) bond motifs is 1. The van der Waals surface area contributed by atoms with Crippen molar-refractivity contribution in [1.29, 1.82) is 0 Å². The number of carbonyl (C=O) groups excluding carboxylic acids is 1. The van der Waals surface area contributed by atoms with E-state index >= 15 is 0 Å². The lowest BCUT2D eigenvalue weighted by Crippen LogP contribution is -2.42. The summed E-state index contributed by atoms with van der Waals surface area (Å²) in [5.74, 6) is 0. The molecule has 0 aromatic heterocycles. The lowest BCUT2D eigenvalue weighted by Gasteiger charge is -2.27. The molecular weight excluding hydrogens is 226 g/mol. The maximum absolute atomic E-state index is 11.9. The molecule has 0 spiro atoms. The van der Waals surface area contributed by atoms with Crippen LogP contribution in [0.25, 0.3) is 0 Å². The summed E-state index contributed by atoms with van der Waals surface area (Å²) in [5.41, 5.74) is 3.51. The molecule has 1 saturated carbocycles. The van der Waals surface area contributed by atoms with Crippen molar-refractivity contribution < 1.29 is 4.79 Å². The van der Waals surface area contributed by atoms with Gasteiger partial charge in [0, 0.05) is 18.3 Å². The highest BCUT2D eigenvalue weighted by Crippen LogP contribution is 2.23. The van der Waals surface area contributed by atoms with Crippen molar-refractivity contribution in [3.8, 4) is 0 Å². The normalized spacial score (nSPS) is 18.7. The van der Waals surface area contributed by atoms with Crippen molar-refractivity contribution in [2.45, 2.75) is 38.3 Å². The van der Waals surface area contributed by atoms with Crippen molar-refractivity contribution >= 4 is 11.7 Å². The fourth-order valence-electron chi connectivity index (χ4n) is 2.53. The Bertz CT molecular complexity index is 454. The largest absolute Gasteiger partial charge is 0.335 e. The Hall–Kier alpha value is -1.55. The standard InChI is InChI=1S/C14H19N3O/c18-14(16-11-4-2-5-11)17-13-6-1-3-10-7-8-15-9-12(10)13/h1,3,6,11,15H,2,4-5,7-9H2,(H2,16,17,18). The minimum absolute atomic E-state index is 0.0707. The second-order valence-electron chi connectivity index (χ2n) is 5.10. The van der Waals surface area contributed by atoms with E-state index in [1.807, 2.05) is 12.1 Å². The number of anilines is 1. The molecule has 3 N–H and O–H groups in total. The van der Waals surface area contributed by atoms with Gasteiger partial charge in [-0.3, -0.25) is 0 Å². The van der Waals surface area contributed by atoms with E-state index in [9.17, 15) is 4.79 Å². The van der Waals surface area contributed by atoms with Gasteiger partial charge in [0.2, 0.25) is 0 Å². The molecule has 2 aliphatic rings. The zero-order chi connectivity index (χ0) is 12.4. The fourth-order valence-corrected chi connectivity index (χ4v) is 2.53. The highest BCUT2D eigenvalue weighted by Gasteiger charge is 2.20. The molecule has 1 aromatic carbocycles. The molecule has 0 atom stereocenters. The first-order valence-electron chi connectivity index (χ1n) is 6.72. The monoisotopic (exact) mass is 245 g/mol. The van der Waals surface area contributed by atoms with Gasteiger partial charge in [-0.1, -0.05) is 12.1 Å². The quantitative estimate of drug-likeness (QED) is 0.746. The Morgan fingerprint density at radius 1 is 1.33 bits per heavy atom. The predicted octanol–water partition coefficient (Wildman–Crippen LogP) is 2.01.